The molecule has 0 saturated heterocycles. The number of carbonyl (C=O) groups is 2. The summed E-state index contributed by atoms with van der Waals surface area (Å²) in [6.45, 7) is 2.97. The Bertz CT molecular complexity index is 593. The van der Waals surface area contributed by atoms with Gasteiger partial charge in [-0.2, -0.15) is 0 Å². The fraction of sp³-hybridized carbons (Fsp3) is 0.500. The molecule has 1 aromatic heterocycles. The zero-order chi connectivity index (χ0) is 16.1. The summed E-state index contributed by atoms with van der Waals surface area (Å²) in [6, 6.07) is 3.05. The number of amides is 1. The van der Waals surface area contributed by atoms with Crippen molar-refractivity contribution in [2.75, 3.05) is 6.54 Å². The molecule has 0 saturated carbocycles. The van der Waals surface area contributed by atoms with Crippen LogP contribution in [0, 0.1) is 0 Å². The summed E-state index contributed by atoms with van der Waals surface area (Å²) < 4.78 is 26.0. The van der Waals surface area contributed by atoms with E-state index in [0.29, 0.717) is 0 Å². The summed E-state index contributed by atoms with van der Waals surface area (Å²) >= 11 is 1.06. The van der Waals surface area contributed by atoms with Crippen LogP contribution in [0.1, 0.15) is 26.7 Å². The number of thiophene rings is 1. The van der Waals surface area contributed by atoms with Gasteiger partial charge in [-0.25, -0.2) is 13.1 Å². The second-order valence-electron chi connectivity index (χ2n) is 5.08. The van der Waals surface area contributed by atoms with Crippen LogP contribution in [0.3, 0.4) is 0 Å². The minimum atomic E-state index is -3.68. The molecule has 1 rings (SSSR count). The van der Waals surface area contributed by atoms with Gasteiger partial charge in [0.15, 0.2) is 0 Å². The third-order valence-electron chi connectivity index (χ3n) is 2.62. The van der Waals surface area contributed by atoms with Crippen LogP contribution < -0.4 is 10.0 Å². The molecule has 9 heteroatoms. The maximum absolute atomic E-state index is 11.8. The van der Waals surface area contributed by atoms with E-state index in [-0.39, 0.29) is 17.1 Å². The van der Waals surface area contributed by atoms with E-state index in [1.165, 1.54) is 6.07 Å². The molecular weight excluding hydrogens is 316 g/mol. The standard InChI is InChI=1S/C12H18N2O5S2/c1-12(2,6-5-10(16)17)14-9(15)8-13-21(18,19)11-4-3-7-20-11/h3-4,7,13H,5-6,8H2,1-2H3,(H,14,15)(H,16,17). The summed E-state index contributed by atoms with van der Waals surface area (Å²) in [6.07, 6.45) is 0.181. The minimum absolute atomic E-state index is 0.0752. The highest BCUT2D eigenvalue weighted by atomic mass is 32.2. The van der Waals surface area contributed by atoms with Crippen molar-refractivity contribution in [3.05, 3.63) is 17.5 Å². The monoisotopic (exact) mass is 334 g/mol. The minimum Gasteiger partial charge on any atom is -0.481 e. The van der Waals surface area contributed by atoms with Crippen molar-refractivity contribution < 1.29 is 23.1 Å². The number of carboxylic acid groups (broad SMARTS) is 1. The fourth-order valence-electron chi connectivity index (χ4n) is 1.55. The first-order valence-electron chi connectivity index (χ1n) is 6.18. The average molecular weight is 334 g/mol. The fourth-order valence-corrected chi connectivity index (χ4v) is 3.57. The van der Waals surface area contributed by atoms with Gasteiger partial charge in [-0.05, 0) is 31.7 Å². The van der Waals surface area contributed by atoms with Gasteiger partial charge in [-0.1, -0.05) is 6.07 Å². The zero-order valence-electron chi connectivity index (χ0n) is 11.8. The summed E-state index contributed by atoms with van der Waals surface area (Å²) in [5, 5.41) is 12.9. The lowest BCUT2D eigenvalue weighted by Gasteiger charge is -2.25. The summed E-state index contributed by atoms with van der Waals surface area (Å²) in [5.74, 6) is -1.46. The zero-order valence-corrected chi connectivity index (χ0v) is 13.4. The van der Waals surface area contributed by atoms with Gasteiger partial charge >= 0.3 is 5.97 Å². The normalized spacial score (nSPS) is 12.1. The maximum atomic E-state index is 11.8. The second-order valence-corrected chi connectivity index (χ2v) is 8.02. The Balaban J connectivity index is 2.49. The molecule has 0 fully saturated rings. The second kappa shape index (κ2) is 7.01. The van der Waals surface area contributed by atoms with Crippen LogP contribution in [0.4, 0.5) is 0 Å². The molecule has 3 N–H and O–H groups in total. The van der Waals surface area contributed by atoms with E-state index in [1.54, 1.807) is 25.3 Å². The molecule has 1 amide bonds. The molecule has 0 atom stereocenters. The van der Waals surface area contributed by atoms with Crippen LogP contribution in [0.25, 0.3) is 0 Å². The molecule has 118 valence electrons. The highest BCUT2D eigenvalue weighted by molar-refractivity contribution is 7.91. The summed E-state index contributed by atoms with van der Waals surface area (Å²) in [5.41, 5.74) is -0.718. The number of hydrogen-bond acceptors (Lipinski definition) is 5. The smallest absolute Gasteiger partial charge is 0.303 e. The first kappa shape index (κ1) is 17.6. The molecule has 0 bridgehead atoms. The predicted molar refractivity (Wildman–Crippen MR) is 78.6 cm³/mol. The lowest BCUT2D eigenvalue weighted by atomic mass is 9.98. The quantitative estimate of drug-likeness (QED) is 0.650. The lowest BCUT2D eigenvalue weighted by molar-refractivity contribution is -0.137. The van der Waals surface area contributed by atoms with Gasteiger partial charge in [0, 0.05) is 12.0 Å². The van der Waals surface area contributed by atoms with E-state index in [0.717, 1.165) is 11.3 Å². The summed E-state index contributed by atoms with van der Waals surface area (Å²) in [4.78, 5) is 22.3. The van der Waals surface area contributed by atoms with Gasteiger partial charge < -0.3 is 10.4 Å². The molecule has 0 radical (unpaired) electrons. The Kier molecular flexibility index (Phi) is 5.87. The Morgan fingerprint density at radius 2 is 2.05 bits per heavy atom. The van der Waals surface area contributed by atoms with Crippen LogP contribution >= 0.6 is 11.3 Å². The summed E-state index contributed by atoms with van der Waals surface area (Å²) in [7, 11) is -3.68. The van der Waals surface area contributed by atoms with Gasteiger partial charge in [0.05, 0.1) is 6.54 Å². The van der Waals surface area contributed by atoms with Crippen molar-refractivity contribution in [3.63, 3.8) is 0 Å². The lowest BCUT2D eigenvalue weighted by Crippen LogP contribution is -2.47. The molecule has 0 aromatic carbocycles. The number of hydrogen-bond donors (Lipinski definition) is 3. The largest absolute Gasteiger partial charge is 0.481 e. The molecule has 0 spiro atoms. The molecule has 0 aliphatic heterocycles. The third-order valence-corrected chi connectivity index (χ3v) is 5.42. The Morgan fingerprint density at radius 3 is 2.57 bits per heavy atom. The topological polar surface area (TPSA) is 113 Å². The van der Waals surface area contributed by atoms with Crippen LogP contribution in [-0.2, 0) is 19.6 Å². The highest BCUT2D eigenvalue weighted by Crippen LogP contribution is 2.15. The van der Waals surface area contributed by atoms with Gasteiger partial charge in [0.25, 0.3) is 10.0 Å². The molecular formula is C12H18N2O5S2. The van der Waals surface area contributed by atoms with Crippen LogP contribution in [0.15, 0.2) is 21.7 Å². The third kappa shape index (κ3) is 6.23. The number of carboxylic acids is 1. The Labute approximate surface area is 127 Å². The van der Waals surface area contributed by atoms with Crippen molar-refractivity contribution in [1.29, 1.82) is 0 Å². The van der Waals surface area contributed by atoms with Crippen molar-refractivity contribution >= 4 is 33.2 Å². The Hall–Kier alpha value is -1.45. The van der Waals surface area contributed by atoms with Gasteiger partial charge in [-0.3, -0.25) is 9.59 Å². The van der Waals surface area contributed by atoms with Crippen LogP contribution in [0.5, 0.6) is 0 Å². The van der Waals surface area contributed by atoms with Crippen molar-refractivity contribution in [2.45, 2.75) is 36.4 Å². The molecule has 7 nitrogen and oxygen atoms in total. The molecule has 0 aliphatic carbocycles. The first-order valence-corrected chi connectivity index (χ1v) is 8.55. The van der Waals surface area contributed by atoms with Crippen LogP contribution in [0.2, 0.25) is 0 Å². The Morgan fingerprint density at radius 1 is 1.38 bits per heavy atom. The number of aliphatic carboxylic acids is 1. The van der Waals surface area contributed by atoms with Gasteiger partial charge in [0.1, 0.15) is 4.21 Å². The predicted octanol–water partition coefficient (Wildman–Crippen LogP) is 0.786. The molecule has 21 heavy (non-hydrogen) atoms. The molecule has 1 aromatic rings. The van der Waals surface area contributed by atoms with E-state index < -0.39 is 34.0 Å². The van der Waals surface area contributed by atoms with Gasteiger partial charge in [-0.15, -0.1) is 11.3 Å². The van der Waals surface area contributed by atoms with Crippen molar-refractivity contribution in [3.8, 4) is 0 Å². The van der Waals surface area contributed by atoms with Crippen LogP contribution in [-0.4, -0.2) is 37.5 Å². The SMILES string of the molecule is CC(C)(CCC(=O)O)NC(=O)CNS(=O)(=O)c1cccs1. The van der Waals surface area contributed by atoms with E-state index in [2.05, 4.69) is 10.0 Å². The van der Waals surface area contributed by atoms with Gasteiger partial charge in [0.2, 0.25) is 5.91 Å². The number of rotatable bonds is 8. The maximum Gasteiger partial charge on any atom is 0.303 e. The molecule has 0 aliphatic rings. The van der Waals surface area contributed by atoms with Crippen molar-refractivity contribution in [1.82, 2.24) is 10.0 Å². The first-order chi connectivity index (χ1) is 9.62. The average Bonchev–Trinajstić information content (AvgIpc) is 2.88. The highest BCUT2D eigenvalue weighted by Gasteiger charge is 2.23. The van der Waals surface area contributed by atoms with Crippen molar-refractivity contribution in [2.24, 2.45) is 0 Å². The number of nitrogens with one attached hydrogen (secondary N) is 2. The molecule has 1 heterocycles. The van der Waals surface area contributed by atoms with E-state index in [9.17, 15) is 18.0 Å². The number of carbonyl (C=O) groups excluding carboxylic acids is 1. The van der Waals surface area contributed by atoms with E-state index >= 15 is 0 Å². The van der Waals surface area contributed by atoms with E-state index in [1.807, 2.05) is 0 Å². The molecule has 0 unspecified atom stereocenters. The number of sulfonamides is 1. The van der Waals surface area contributed by atoms with E-state index in [4.69, 9.17) is 5.11 Å².